The molecule has 7 heteroatoms. The molecule has 0 heterocycles. The molecule has 0 saturated heterocycles. The van der Waals surface area contributed by atoms with Crippen LogP contribution < -0.4 is 10.6 Å². The van der Waals surface area contributed by atoms with Gasteiger partial charge in [-0.05, 0) is 26.7 Å². The van der Waals surface area contributed by atoms with E-state index in [2.05, 4.69) is 15.6 Å². The molecule has 0 rings (SSSR count). The van der Waals surface area contributed by atoms with Crippen LogP contribution in [0.15, 0.2) is 4.99 Å². The van der Waals surface area contributed by atoms with Gasteiger partial charge in [-0.2, -0.15) is 0 Å². The first-order valence-electron chi connectivity index (χ1n) is 7.33. The van der Waals surface area contributed by atoms with E-state index in [4.69, 9.17) is 14.2 Å². The van der Waals surface area contributed by atoms with Crippen LogP contribution in [-0.4, -0.2) is 65.7 Å². The maximum atomic E-state index is 5.48. The molecule has 0 aromatic carbocycles. The number of halogens is 1. The van der Waals surface area contributed by atoms with Crippen LogP contribution in [-0.2, 0) is 14.2 Å². The number of aliphatic imine (C=N–C) groups is 1. The van der Waals surface area contributed by atoms with E-state index in [1.54, 1.807) is 14.2 Å². The van der Waals surface area contributed by atoms with Crippen LogP contribution in [0.3, 0.4) is 0 Å². The summed E-state index contributed by atoms with van der Waals surface area (Å²) >= 11 is 0. The smallest absolute Gasteiger partial charge is 0.190 e. The molecule has 0 atom stereocenters. The Bertz CT molecular complexity index is 242. The van der Waals surface area contributed by atoms with Gasteiger partial charge >= 0.3 is 0 Å². The lowest BCUT2D eigenvalue weighted by Crippen LogP contribution is -2.38. The summed E-state index contributed by atoms with van der Waals surface area (Å²) in [5.74, 6) is 0.825. The van der Waals surface area contributed by atoms with E-state index in [-0.39, 0.29) is 24.0 Å². The lowest BCUT2D eigenvalue weighted by atomic mass is 10.4. The molecule has 128 valence electrons. The van der Waals surface area contributed by atoms with E-state index in [1.165, 1.54) is 0 Å². The van der Waals surface area contributed by atoms with Crippen molar-refractivity contribution in [2.24, 2.45) is 4.99 Å². The highest BCUT2D eigenvalue weighted by atomic mass is 127. The molecule has 0 amide bonds. The summed E-state index contributed by atoms with van der Waals surface area (Å²) in [6, 6.07) is 0. The highest BCUT2D eigenvalue weighted by Gasteiger charge is 1.97. The molecule has 0 saturated carbocycles. The molecule has 0 aromatic heterocycles. The van der Waals surface area contributed by atoms with Crippen molar-refractivity contribution in [1.82, 2.24) is 10.6 Å². The summed E-state index contributed by atoms with van der Waals surface area (Å²) in [7, 11) is 3.45. The summed E-state index contributed by atoms with van der Waals surface area (Å²) in [6.45, 7) is 8.59. The monoisotopic (exact) mass is 417 g/mol. The van der Waals surface area contributed by atoms with Gasteiger partial charge in [0.1, 0.15) is 0 Å². The number of ether oxygens (including phenoxy) is 3. The summed E-state index contributed by atoms with van der Waals surface area (Å²) in [6.07, 6.45) is 2.21. The van der Waals surface area contributed by atoms with E-state index < -0.39 is 0 Å². The first kappa shape index (κ1) is 23.2. The van der Waals surface area contributed by atoms with E-state index in [0.29, 0.717) is 19.3 Å². The summed E-state index contributed by atoms with van der Waals surface area (Å²) in [5.41, 5.74) is 0. The fourth-order valence-electron chi connectivity index (χ4n) is 1.44. The summed E-state index contributed by atoms with van der Waals surface area (Å²) in [4.78, 5) is 4.16. The second-order valence-corrected chi connectivity index (χ2v) is 4.66. The van der Waals surface area contributed by atoms with Gasteiger partial charge in [0.25, 0.3) is 0 Å². The Morgan fingerprint density at radius 3 is 2.14 bits per heavy atom. The molecule has 6 nitrogen and oxygen atoms in total. The van der Waals surface area contributed by atoms with Crippen LogP contribution >= 0.6 is 24.0 Å². The Labute approximate surface area is 146 Å². The molecule has 0 aliphatic carbocycles. The zero-order valence-electron chi connectivity index (χ0n) is 13.8. The van der Waals surface area contributed by atoms with E-state index in [9.17, 15) is 0 Å². The molecule has 0 spiro atoms. The Balaban J connectivity index is 0. The maximum absolute atomic E-state index is 5.48. The molecule has 0 aromatic rings. The number of hydrogen-bond acceptors (Lipinski definition) is 4. The van der Waals surface area contributed by atoms with Crippen molar-refractivity contribution in [3.63, 3.8) is 0 Å². The van der Waals surface area contributed by atoms with Gasteiger partial charge in [-0.1, -0.05) is 0 Å². The number of guanidine groups is 1. The average Bonchev–Trinajstić information content (AvgIpc) is 2.43. The second-order valence-electron chi connectivity index (χ2n) is 4.66. The van der Waals surface area contributed by atoms with Crippen LogP contribution in [0, 0.1) is 0 Å². The van der Waals surface area contributed by atoms with Crippen molar-refractivity contribution < 1.29 is 14.2 Å². The van der Waals surface area contributed by atoms with Crippen LogP contribution in [0.5, 0.6) is 0 Å². The molecular weight excluding hydrogens is 385 g/mol. The molecule has 0 fully saturated rings. The molecule has 0 unspecified atom stereocenters. The predicted octanol–water partition coefficient (Wildman–Crippen LogP) is 1.64. The SMILES string of the molecule is CN=C(NCCCOCCOC)NCCCOC(C)C.I. The van der Waals surface area contributed by atoms with E-state index in [0.717, 1.165) is 45.1 Å². The Morgan fingerprint density at radius 1 is 1.00 bits per heavy atom. The van der Waals surface area contributed by atoms with Gasteiger partial charge in [-0.25, -0.2) is 0 Å². The molecule has 0 aliphatic rings. The van der Waals surface area contributed by atoms with Crippen molar-refractivity contribution in [1.29, 1.82) is 0 Å². The van der Waals surface area contributed by atoms with Gasteiger partial charge < -0.3 is 24.8 Å². The largest absolute Gasteiger partial charge is 0.382 e. The fraction of sp³-hybridized carbons (Fsp3) is 0.929. The molecule has 2 N–H and O–H groups in total. The lowest BCUT2D eigenvalue weighted by Gasteiger charge is -2.12. The minimum absolute atomic E-state index is 0. The Hall–Kier alpha value is -0.120. The molecule has 0 bridgehead atoms. The number of nitrogens with one attached hydrogen (secondary N) is 2. The predicted molar refractivity (Wildman–Crippen MR) is 97.8 cm³/mol. The Kier molecular flexibility index (Phi) is 19.8. The van der Waals surface area contributed by atoms with Gasteiger partial charge in [0.15, 0.2) is 5.96 Å². The number of hydrogen-bond donors (Lipinski definition) is 2. The third-order valence-electron chi connectivity index (χ3n) is 2.48. The number of nitrogens with zero attached hydrogens (tertiary/aromatic N) is 1. The number of methoxy groups -OCH3 is 1. The van der Waals surface area contributed by atoms with Crippen molar-refractivity contribution >= 4 is 29.9 Å². The normalized spacial score (nSPS) is 11.4. The molecular formula is C14H32IN3O3. The minimum Gasteiger partial charge on any atom is -0.382 e. The van der Waals surface area contributed by atoms with Gasteiger partial charge in [0, 0.05) is 40.5 Å². The van der Waals surface area contributed by atoms with E-state index in [1.807, 2.05) is 13.8 Å². The second kappa shape index (κ2) is 17.9. The van der Waals surface area contributed by atoms with Crippen LogP contribution in [0.4, 0.5) is 0 Å². The third-order valence-corrected chi connectivity index (χ3v) is 2.48. The highest BCUT2D eigenvalue weighted by Crippen LogP contribution is 1.89. The average molecular weight is 417 g/mol. The first-order valence-corrected chi connectivity index (χ1v) is 7.33. The summed E-state index contributed by atoms with van der Waals surface area (Å²) < 4.78 is 15.8. The Morgan fingerprint density at radius 2 is 1.62 bits per heavy atom. The first-order chi connectivity index (χ1) is 9.70. The van der Waals surface area contributed by atoms with Crippen molar-refractivity contribution in [3.8, 4) is 0 Å². The number of rotatable bonds is 12. The zero-order valence-corrected chi connectivity index (χ0v) is 16.1. The van der Waals surface area contributed by atoms with Gasteiger partial charge in [-0.15, -0.1) is 24.0 Å². The molecule has 0 radical (unpaired) electrons. The standard InChI is InChI=1S/C14H31N3O3.HI/c1-13(2)20-10-6-8-17-14(15-3)16-7-5-9-19-12-11-18-4;/h13H,5-12H2,1-4H3,(H2,15,16,17);1H. The van der Waals surface area contributed by atoms with Crippen molar-refractivity contribution in [3.05, 3.63) is 0 Å². The van der Waals surface area contributed by atoms with Crippen LogP contribution in [0.25, 0.3) is 0 Å². The van der Waals surface area contributed by atoms with E-state index >= 15 is 0 Å². The highest BCUT2D eigenvalue weighted by molar-refractivity contribution is 14.0. The summed E-state index contributed by atoms with van der Waals surface area (Å²) in [5, 5.41) is 6.50. The van der Waals surface area contributed by atoms with Gasteiger partial charge in [0.05, 0.1) is 19.3 Å². The maximum Gasteiger partial charge on any atom is 0.190 e. The topological polar surface area (TPSA) is 64.1 Å². The quantitative estimate of drug-likeness (QED) is 0.219. The minimum atomic E-state index is 0. The van der Waals surface area contributed by atoms with Crippen molar-refractivity contribution in [2.75, 3.05) is 53.7 Å². The van der Waals surface area contributed by atoms with Gasteiger partial charge in [0.2, 0.25) is 0 Å². The third kappa shape index (κ3) is 17.8. The van der Waals surface area contributed by atoms with Crippen LogP contribution in [0.1, 0.15) is 26.7 Å². The molecule has 21 heavy (non-hydrogen) atoms. The van der Waals surface area contributed by atoms with Crippen molar-refractivity contribution in [2.45, 2.75) is 32.8 Å². The van der Waals surface area contributed by atoms with Gasteiger partial charge in [-0.3, -0.25) is 4.99 Å². The zero-order chi connectivity index (χ0) is 15.1. The fourth-order valence-corrected chi connectivity index (χ4v) is 1.44. The van der Waals surface area contributed by atoms with Crippen LogP contribution in [0.2, 0.25) is 0 Å². The molecule has 0 aliphatic heterocycles. The lowest BCUT2D eigenvalue weighted by molar-refractivity contribution is 0.0698.